The number of rotatable bonds is 7. The lowest BCUT2D eigenvalue weighted by Gasteiger charge is -2.30. The van der Waals surface area contributed by atoms with Crippen LogP contribution >= 0.6 is 0 Å². The fraction of sp³-hybridized carbons (Fsp3) is 0.208. The normalized spacial score (nSPS) is 13.9. The van der Waals surface area contributed by atoms with Gasteiger partial charge in [-0.1, -0.05) is 67.6 Å². The molecule has 3 rings (SSSR count). The number of hydrogen-bond donors (Lipinski definition) is 2. The number of nitrogens with one attached hydrogen (secondary N) is 2. The van der Waals surface area contributed by atoms with E-state index in [1.54, 1.807) is 0 Å². The van der Waals surface area contributed by atoms with Crippen LogP contribution in [0.5, 0.6) is 0 Å². The van der Waals surface area contributed by atoms with Crippen molar-refractivity contribution in [2.45, 2.75) is 36.5 Å². The van der Waals surface area contributed by atoms with Gasteiger partial charge in [-0.2, -0.15) is 0 Å². The molecule has 3 aromatic carbocycles. The summed E-state index contributed by atoms with van der Waals surface area (Å²) in [6, 6.07) is 26.6. The molecule has 0 aliphatic rings. The molecule has 0 heterocycles. The molecule has 0 bridgehead atoms. The first-order valence-corrected chi connectivity index (χ1v) is 11.0. The average molecular weight is 407 g/mol. The van der Waals surface area contributed by atoms with Gasteiger partial charge in [0.15, 0.2) is 0 Å². The van der Waals surface area contributed by atoms with Crippen molar-refractivity contribution in [3.8, 4) is 0 Å². The molecule has 4 nitrogen and oxygen atoms in total. The second-order valence-corrected chi connectivity index (χ2v) is 8.59. The molecule has 0 aliphatic heterocycles. The molecular weight excluding hydrogens is 380 g/mol. The summed E-state index contributed by atoms with van der Waals surface area (Å²) in [5.74, 6) is 0.401. The van der Waals surface area contributed by atoms with E-state index in [1.807, 2.05) is 98.8 Å². The molecule has 0 radical (unpaired) electrons. The molecule has 0 fully saturated rings. The van der Waals surface area contributed by atoms with Crippen LogP contribution in [0.2, 0.25) is 0 Å². The number of hydrogen-bond acceptors (Lipinski definition) is 2. The predicted molar refractivity (Wildman–Crippen MR) is 119 cm³/mol. The first kappa shape index (κ1) is 20.8. The Hall–Kier alpha value is -2.92. The number of anilines is 1. The van der Waals surface area contributed by atoms with Crippen LogP contribution in [0.3, 0.4) is 0 Å². The molecule has 29 heavy (non-hydrogen) atoms. The molecule has 3 aromatic rings. The van der Waals surface area contributed by atoms with Gasteiger partial charge in [-0.05, 0) is 48.7 Å². The standard InChI is InChI=1S/C24H26N2O2S/c1-3-24(2,20-12-6-4-7-13-20)26-23(27)25-21-14-10-11-19(17-21)18-29(28)22-15-8-5-9-16-22/h4-17H,3,18H2,1-2H3,(H2,25,26,27). The van der Waals surface area contributed by atoms with Gasteiger partial charge in [0.25, 0.3) is 0 Å². The topological polar surface area (TPSA) is 58.2 Å². The average Bonchev–Trinajstić information content (AvgIpc) is 2.75. The third-order valence-electron chi connectivity index (χ3n) is 5.00. The fourth-order valence-corrected chi connectivity index (χ4v) is 4.24. The fourth-order valence-electron chi connectivity index (χ4n) is 3.13. The van der Waals surface area contributed by atoms with Crippen LogP contribution in [0.15, 0.2) is 89.8 Å². The van der Waals surface area contributed by atoms with E-state index in [0.717, 1.165) is 22.4 Å². The summed E-state index contributed by atoms with van der Waals surface area (Å²) in [7, 11) is -1.13. The Morgan fingerprint density at radius 2 is 1.59 bits per heavy atom. The van der Waals surface area contributed by atoms with E-state index in [0.29, 0.717) is 11.4 Å². The molecule has 2 N–H and O–H groups in total. The monoisotopic (exact) mass is 406 g/mol. The largest absolute Gasteiger partial charge is 0.329 e. The molecular formula is C24H26N2O2S. The number of urea groups is 1. The SMILES string of the molecule is CCC(C)(NC(=O)Nc1cccc(CS(=O)c2ccccc2)c1)c1ccccc1. The summed E-state index contributed by atoms with van der Waals surface area (Å²) in [6.07, 6.45) is 0.764. The van der Waals surface area contributed by atoms with Crippen molar-refractivity contribution in [2.75, 3.05) is 5.32 Å². The molecule has 0 aromatic heterocycles. The molecule has 0 saturated heterocycles. The van der Waals surface area contributed by atoms with Crippen molar-refractivity contribution in [3.05, 3.63) is 96.1 Å². The minimum absolute atomic E-state index is 0.264. The Bertz CT molecular complexity index is 976. The number of carbonyl (C=O) groups is 1. The van der Waals surface area contributed by atoms with E-state index >= 15 is 0 Å². The Kier molecular flexibility index (Phi) is 6.83. The van der Waals surface area contributed by atoms with Crippen LogP contribution in [0.25, 0.3) is 0 Å². The number of carbonyl (C=O) groups excluding carboxylic acids is 1. The van der Waals surface area contributed by atoms with Crippen molar-refractivity contribution in [2.24, 2.45) is 0 Å². The number of benzene rings is 3. The molecule has 0 saturated carbocycles. The zero-order valence-electron chi connectivity index (χ0n) is 16.7. The minimum atomic E-state index is -1.13. The Morgan fingerprint density at radius 3 is 2.24 bits per heavy atom. The van der Waals surface area contributed by atoms with Crippen LogP contribution in [0.4, 0.5) is 10.5 Å². The Balaban J connectivity index is 1.66. The lowest BCUT2D eigenvalue weighted by molar-refractivity contribution is 0.238. The van der Waals surface area contributed by atoms with Gasteiger partial charge >= 0.3 is 6.03 Å². The first-order chi connectivity index (χ1) is 14.0. The maximum absolute atomic E-state index is 12.6. The molecule has 0 aliphatic carbocycles. The van der Waals surface area contributed by atoms with Crippen molar-refractivity contribution in [3.63, 3.8) is 0 Å². The van der Waals surface area contributed by atoms with Crippen molar-refractivity contribution < 1.29 is 9.00 Å². The van der Waals surface area contributed by atoms with Gasteiger partial charge in [0.05, 0.1) is 22.1 Å². The Morgan fingerprint density at radius 1 is 0.931 bits per heavy atom. The molecule has 2 amide bonds. The minimum Gasteiger partial charge on any atom is -0.329 e. The van der Waals surface area contributed by atoms with Gasteiger partial charge in [-0.25, -0.2) is 4.79 Å². The van der Waals surface area contributed by atoms with Crippen molar-refractivity contribution >= 4 is 22.5 Å². The summed E-state index contributed by atoms with van der Waals surface area (Å²) >= 11 is 0. The lowest BCUT2D eigenvalue weighted by Crippen LogP contribution is -2.45. The van der Waals surface area contributed by atoms with E-state index < -0.39 is 16.3 Å². The van der Waals surface area contributed by atoms with Gasteiger partial charge < -0.3 is 10.6 Å². The van der Waals surface area contributed by atoms with Crippen LogP contribution in [0, 0.1) is 0 Å². The third-order valence-corrected chi connectivity index (χ3v) is 6.39. The van der Waals surface area contributed by atoms with Gasteiger partial charge in [0.2, 0.25) is 0 Å². The molecule has 2 unspecified atom stereocenters. The van der Waals surface area contributed by atoms with E-state index in [1.165, 1.54) is 0 Å². The highest BCUT2D eigenvalue weighted by atomic mass is 32.2. The summed E-state index contributed by atoms with van der Waals surface area (Å²) in [4.78, 5) is 13.4. The number of amides is 2. The van der Waals surface area contributed by atoms with Gasteiger partial charge in [0.1, 0.15) is 0 Å². The van der Waals surface area contributed by atoms with Gasteiger partial charge in [0, 0.05) is 10.6 Å². The van der Waals surface area contributed by atoms with Crippen LogP contribution in [-0.2, 0) is 22.1 Å². The third kappa shape index (κ3) is 5.55. The molecule has 0 spiro atoms. The van der Waals surface area contributed by atoms with E-state index in [4.69, 9.17) is 0 Å². The highest BCUT2D eigenvalue weighted by Gasteiger charge is 2.26. The highest BCUT2D eigenvalue weighted by Crippen LogP contribution is 2.24. The van der Waals surface area contributed by atoms with Crippen LogP contribution in [-0.4, -0.2) is 10.2 Å². The van der Waals surface area contributed by atoms with Crippen molar-refractivity contribution in [1.82, 2.24) is 5.32 Å². The summed E-state index contributed by atoms with van der Waals surface area (Å²) < 4.78 is 12.5. The zero-order valence-corrected chi connectivity index (χ0v) is 17.5. The maximum Gasteiger partial charge on any atom is 0.319 e. The zero-order chi connectivity index (χ0) is 20.7. The molecule has 150 valence electrons. The van der Waals surface area contributed by atoms with E-state index in [9.17, 15) is 9.00 Å². The highest BCUT2D eigenvalue weighted by molar-refractivity contribution is 7.84. The smallest absolute Gasteiger partial charge is 0.319 e. The summed E-state index contributed by atoms with van der Waals surface area (Å²) in [6.45, 7) is 4.06. The summed E-state index contributed by atoms with van der Waals surface area (Å²) in [5.41, 5.74) is 2.19. The quantitative estimate of drug-likeness (QED) is 0.549. The predicted octanol–water partition coefficient (Wildman–Crippen LogP) is 5.44. The second kappa shape index (κ2) is 9.52. The molecule has 5 heteroatoms. The van der Waals surface area contributed by atoms with Gasteiger partial charge in [-0.3, -0.25) is 4.21 Å². The Labute approximate surface area is 174 Å². The summed E-state index contributed by atoms with van der Waals surface area (Å²) in [5, 5.41) is 5.99. The maximum atomic E-state index is 12.6. The second-order valence-electron chi connectivity index (χ2n) is 7.13. The lowest BCUT2D eigenvalue weighted by atomic mass is 9.89. The first-order valence-electron chi connectivity index (χ1n) is 9.67. The molecule has 2 atom stereocenters. The van der Waals surface area contributed by atoms with Crippen LogP contribution < -0.4 is 10.6 Å². The van der Waals surface area contributed by atoms with E-state index in [2.05, 4.69) is 10.6 Å². The van der Waals surface area contributed by atoms with Gasteiger partial charge in [-0.15, -0.1) is 0 Å². The van der Waals surface area contributed by atoms with E-state index in [-0.39, 0.29) is 6.03 Å². The van der Waals surface area contributed by atoms with Crippen LogP contribution in [0.1, 0.15) is 31.4 Å². The van der Waals surface area contributed by atoms with Crippen molar-refractivity contribution in [1.29, 1.82) is 0 Å².